The topological polar surface area (TPSA) is 47.6 Å². The van der Waals surface area contributed by atoms with Gasteiger partial charge in [-0.15, -0.1) is 0 Å². The van der Waals surface area contributed by atoms with Gasteiger partial charge in [0.2, 0.25) is 0 Å². The average Bonchev–Trinajstić information content (AvgIpc) is 2.54. The molecule has 0 saturated carbocycles. The minimum Gasteiger partial charge on any atom is -0.800 e. The van der Waals surface area contributed by atoms with E-state index in [2.05, 4.69) is 20.4 Å². The normalized spacial score (nSPS) is 16.0. The van der Waals surface area contributed by atoms with Crippen LogP contribution in [0.5, 0.6) is 0 Å². The van der Waals surface area contributed by atoms with E-state index >= 15 is 0 Å². The molecule has 0 bridgehead atoms. The molecule has 8 heteroatoms. The van der Waals surface area contributed by atoms with E-state index in [4.69, 9.17) is 25.3 Å². The SMILES string of the molecule is O=C(NCCN1CCN(C([S-])[S-])CC1)NCc1ccccc1.[Au]. The molecular weight excluding hydrogens is 513 g/mol. The van der Waals surface area contributed by atoms with Crippen LogP contribution in [0.25, 0.3) is 0 Å². The first kappa shape index (κ1) is 20.9. The van der Waals surface area contributed by atoms with Crippen molar-refractivity contribution in [3.05, 3.63) is 35.9 Å². The van der Waals surface area contributed by atoms with Gasteiger partial charge in [0.05, 0.1) is 0 Å². The Balaban J connectivity index is 0.00000264. The summed E-state index contributed by atoms with van der Waals surface area (Å²) in [6.07, 6.45) is 0. The Bertz CT molecular complexity index is 456. The molecule has 0 aliphatic carbocycles. The van der Waals surface area contributed by atoms with Gasteiger partial charge in [-0.2, -0.15) is 0 Å². The number of urea groups is 1. The van der Waals surface area contributed by atoms with E-state index in [1.807, 2.05) is 30.3 Å². The maximum atomic E-state index is 11.7. The van der Waals surface area contributed by atoms with E-state index in [9.17, 15) is 4.79 Å². The largest absolute Gasteiger partial charge is 0.800 e. The Kier molecular flexibility index (Phi) is 10.4. The van der Waals surface area contributed by atoms with E-state index in [1.54, 1.807) is 0 Å². The van der Waals surface area contributed by atoms with Crippen LogP contribution in [-0.2, 0) is 54.2 Å². The molecule has 1 heterocycles. The number of hydrogen-bond donors (Lipinski definition) is 2. The van der Waals surface area contributed by atoms with Gasteiger partial charge in [0.15, 0.2) is 0 Å². The molecule has 2 amide bonds. The van der Waals surface area contributed by atoms with Gasteiger partial charge in [-0.25, -0.2) is 9.50 Å². The molecule has 5 nitrogen and oxygen atoms in total. The van der Waals surface area contributed by atoms with Gasteiger partial charge in [0.25, 0.3) is 0 Å². The third-order valence-corrected chi connectivity index (χ3v) is 4.31. The van der Waals surface area contributed by atoms with Gasteiger partial charge in [-0.3, -0.25) is 4.90 Å². The Morgan fingerprint density at radius 1 is 1.09 bits per heavy atom. The molecule has 1 aromatic carbocycles. The average molecular weight is 535 g/mol. The van der Waals surface area contributed by atoms with Crippen molar-refractivity contribution >= 4 is 31.3 Å². The van der Waals surface area contributed by atoms with Crippen LogP contribution in [-0.4, -0.2) is 59.8 Å². The van der Waals surface area contributed by atoms with Crippen LogP contribution in [0.2, 0.25) is 0 Å². The summed E-state index contributed by atoms with van der Waals surface area (Å²) in [6, 6.07) is 9.74. The molecule has 0 spiro atoms. The number of hydrogen-bond acceptors (Lipinski definition) is 5. The van der Waals surface area contributed by atoms with Gasteiger partial charge in [-0.05, 0) is 5.56 Å². The smallest absolute Gasteiger partial charge is 0.315 e. The molecule has 0 unspecified atom stereocenters. The molecule has 1 fully saturated rings. The zero-order valence-corrected chi connectivity index (χ0v) is 16.6. The summed E-state index contributed by atoms with van der Waals surface area (Å²) in [6.45, 7) is 5.78. The Hall–Kier alpha value is -0.150. The van der Waals surface area contributed by atoms with E-state index < -0.39 is 0 Å². The first-order valence-electron chi connectivity index (χ1n) is 7.49. The second kappa shape index (κ2) is 11.4. The Labute approximate surface area is 164 Å². The third kappa shape index (κ3) is 7.98. The molecule has 0 atom stereocenters. The summed E-state index contributed by atoms with van der Waals surface area (Å²) in [5, 5.41) is 5.74. The summed E-state index contributed by atoms with van der Waals surface area (Å²) in [4.78, 5) is 16.2. The molecule has 2 N–H and O–H groups in total. The minimum atomic E-state index is -0.205. The molecule has 0 aromatic heterocycles. The molecule has 1 aliphatic rings. The maximum Gasteiger partial charge on any atom is 0.315 e. The van der Waals surface area contributed by atoms with Crippen LogP contribution in [0.1, 0.15) is 5.56 Å². The number of rotatable bonds is 6. The third-order valence-electron chi connectivity index (χ3n) is 3.71. The van der Waals surface area contributed by atoms with Gasteiger partial charge >= 0.3 is 6.03 Å². The molecule has 2 rings (SSSR count). The minimum absolute atomic E-state index is 0. The van der Waals surface area contributed by atoms with E-state index in [1.165, 1.54) is 0 Å². The van der Waals surface area contributed by atoms with E-state index in [0.29, 0.717) is 13.1 Å². The Morgan fingerprint density at radius 3 is 2.35 bits per heavy atom. The van der Waals surface area contributed by atoms with Crippen LogP contribution in [0.3, 0.4) is 0 Å². The molecule has 1 aromatic rings. The van der Waals surface area contributed by atoms with E-state index in [0.717, 1.165) is 38.3 Å². The summed E-state index contributed by atoms with van der Waals surface area (Å²) < 4.78 is -0.205. The fraction of sp³-hybridized carbons (Fsp3) is 0.533. The molecular formula is C15H22AuN4OS2-2. The molecule has 133 valence electrons. The quantitative estimate of drug-likeness (QED) is 0.410. The van der Waals surface area contributed by atoms with Crippen LogP contribution in [0.4, 0.5) is 4.79 Å². The van der Waals surface area contributed by atoms with Crippen molar-refractivity contribution in [2.45, 2.75) is 11.3 Å². The fourth-order valence-corrected chi connectivity index (χ4v) is 2.79. The molecule has 1 aliphatic heterocycles. The zero-order valence-electron chi connectivity index (χ0n) is 12.8. The first-order valence-corrected chi connectivity index (χ1v) is 8.43. The fourth-order valence-electron chi connectivity index (χ4n) is 2.37. The monoisotopic (exact) mass is 535 g/mol. The predicted octanol–water partition coefficient (Wildman–Crippen LogP) is 0.478. The molecule has 1 radical (unpaired) electrons. The maximum absolute atomic E-state index is 11.7. The second-order valence-corrected chi connectivity index (χ2v) is 6.47. The van der Waals surface area contributed by atoms with Crippen molar-refractivity contribution < 1.29 is 27.2 Å². The van der Waals surface area contributed by atoms with Crippen molar-refractivity contribution in [1.82, 2.24) is 20.4 Å². The predicted molar refractivity (Wildman–Crippen MR) is 93.2 cm³/mol. The summed E-state index contributed by atoms with van der Waals surface area (Å²) in [5.74, 6) is 0. The number of benzene rings is 1. The second-order valence-electron chi connectivity index (χ2n) is 5.28. The number of piperazine rings is 1. The summed E-state index contributed by atoms with van der Waals surface area (Å²) in [5.41, 5.74) is 1.09. The number of nitrogens with one attached hydrogen (secondary N) is 2. The van der Waals surface area contributed by atoms with E-state index in [-0.39, 0.29) is 33.1 Å². The van der Waals surface area contributed by atoms with Crippen molar-refractivity contribution in [3.63, 3.8) is 0 Å². The van der Waals surface area contributed by atoms with Crippen molar-refractivity contribution in [1.29, 1.82) is 0 Å². The Morgan fingerprint density at radius 2 is 1.74 bits per heavy atom. The van der Waals surface area contributed by atoms with Crippen molar-refractivity contribution in [3.8, 4) is 0 Å². The molecule has 1 saturated heterocycles. The molecule has 23 heavy (non-hydrogen) atoms. The van der Waals surface area contributed by atoms with Crippen LogP contribution in [0, 0.1) is 0 Å². The van der Waals surface area contributed by atoms with Gasteiger partial charge in [-0.1, -0.05) is 30.3 Å². The summed E-state index contributed by atoms with van der Waals surface area (Å²) in [7, 11) is 0. The number of amides is 2. The van der Waals surface area contributed by atoms with Crippen LogP contribution in [0.15, 0.2) is 30.3 Å². The standard InChI is InChI=1S/C15H24N4OS2.Au/c20-14(17-12-13-4-2-1-3-5-13)16-6-7-18-8-10-19(11-9-18)15(21)22;/h1-5,15,21-22H,6-12H2,(H2,16,17,20);/p-2. The summed E-state index contributed by atoms with van der Waals surface area (Å²) >= 11 is 10.2. The van der Waals surface area contributed by atoms with Crippen molar-refractivity contribution in [2.75, 3.05) is 39.3 Å². The van der Waals surface area contributed by atoms with Gasteiger partial charge in [0.1, 0.15) is 0 Å². The zero-order chi connectivity index (χ0) is 15.8. The van der Waals surface area contributed by atoms with Crippen LogP contribution >= 0.6 is 0 Å². The number of nitrogens with zero attached hydrogens (tertiary/aromatic N) is 2. The van der Waals surface area contributed by atoms with Crippen molar-refractivity contribution in [2.24, 2.45) is 0 Å². The van der Waals surface area contributed by atoms with Crippen LogP contribution < -0.4 is 10.6 Å². The number of carbonyl (C=O) groups excluding carboxylic acids is 1. The van der Waals surface area contributed by atoms with Gasteiger partial charge < -0.3 is 40.8 Å². The van der Waals surface area contributed by atoms with Gasteiger partial charge in [0, 0.05) is 68.2 Å². The number of carbonyl (C=O) groups is 1. The first-order chi connectivity index (χ1) is 10.6.